The van der Waals surface area contributed by atoms with E-state index in [1.54, 1.807) is 24.3 Å². The largest absolute Gasteiger partial charge is 0.322 e. The third kappa shape index (κ3) is 2.75. The van der Waals surface area contributed by atoms with Crippen LogP contribution in [0.4, 0.5) is 0 Å². The highest BCUT2D eigenvalue weighted by atomic mass is 35.5. The minimum absolute atomic E-state index is 0.123. The molecule has 1 aromatic rings. The number of halogens is 2. The van der Waals surface area contributed by atoms with Gasteiger partial charge in [0.05, 0.1) is 15.7 Å². The highest BCUT2D eigenvalue weighted by molar-refractivity contribution is 6.37. The lowest BCUT2D eigenvalue weighted by Gasteiger charge is -2.12. The molecule has 92 valence electrons. The number of nitrogens with one attached hydrogen (secondary N) is 1. The Bertz CT molecular complexity index is 540. The summed E-state index contributed by atoms with van der Waals surface area (Å²) in [6.45, 7) is 1.97. The summed E-state index contributed by atoms with van der Waals surface area (Å²) in [5.74, 6) is 5.34. The Morgan fingerprint density at radius 3 is 2.11 bits per heavy atom. The van der Waals surface area contributed by atoms with Gasteiger partial charge in [-0.3, -0.25) is 5.84 Å². The molecule has 0 saturated carbocycles. The highest BCUT2D eigenvalue weighted by Gasteiger charge is 2.16. The fourth-order valence-electron chi connectivity index (χ4n) is 1.47. The Hall–Kier alpha value is -1.72. The van der Waals surface area contributed by atoms with Gasteiger partial charge in [0.2, 0.25) is 0 Å². The SMILES string of the molecule is CCc1cc(Cl)c(C(NN)=C(C#N)C#N)c(Cl)c1. The molecule has 1 aromatic carbocycles. The number of aryl methyl sites for hydroxylation is 1. The Morgan fingerprint density at radius 1 is 1.28 bits per heavy atom. The number of benzene rings is 1. The van der Waals surface area contributed by atoms with Gasteiger partial charge >= 0.3 is 0 Å². The highest BCUT2D eigenvalue weighted by Crippen LogP contribution is 2.32. The smallest absolute Gasteiger partial charge is 0.154 e. The number of nitrogens with zero attached hydrogens (tertiary/aromatic N) is 2. The van der Waals surface area contributed by atoms with E-state index in [0.29, 0.717) is 15.6 Å². The fraction of sp³-hybridized carbons (Fsp3) is 0.167. The second-order valence-corrected chi connectivity index (χ2v) is 4.22. The van der Waals surface area contributed by atoms with E-state index < -0.39 is 0 Å². The molecular weight excluding hydrogens is 271 g/mol. The van der Waals surface area contributed by atoms with E-state index in [9.17, 15) is 0 Å². The minimum atomic E-state index is -0.175. The van der Waals surface area contributed by atoms with E-state index in [4.69, 9.17) is 39.6 Å². The van der Waals surface area contributed by atoms with Crippen molar-refractivity contribution in [2.45, 2.75) is 13.3 Å². The monoisotopic (exact) mass is 280 g/mol. The number of hydrogen-bond donors (Lipinski definition) is 2. The van der Waals surface area contributed by atoms with Crippen molar-refractivity contribution in [2.24, 2.45) is 5.84 Å². The summed E-state index contributed by atoms with van der Waals surface area (Å²) in [5, 5.41) is 18.4. The first kappa shape index (κ1) is 14.3. The van der Waals surface area contributed by atoms with Gasteiger partial charge in [0.25, 0.3) is 0 Å². The van der Waals surface area contributed by atoms with Crippen LogP contribution in [0.15, 0.2) is 17.7 Å². The minimum Gasteiger partial charge on any atom is -0.322 e. The lowest BCUT2D eigenvalue weighted by molar-refractivity contribution is 0.986. The summed E-state index contributed by atoms with van der Waals surface area (Å²) in [5.41, 5.74) is 3.57. The predicted octanol–water partition coefficient (Wildman–Crippen LogP) is 2.78. The van der Waals surface area contributed by atoms with Crippen LogP contribution in [0.5, 0.6) is 0 Å². The molecule has 1 rings (SSSR count). The molecule has 0 spiro atoms. The van der Waals surface area contributed by atoms with Crippen LogP contribution in [0.25, 0.3) is 5.70 Å². The summed E-state index contributed by atoms with van der Waals surface area (Å²) < 4.78 is 0. The summed E-state index contributed by atoms with van der Waals surface area (Å²) in [4.78, 5) is 0. The van der Waals surface area contributed by atoms with E-state index in [0.717, 1.165) is 12.0 Å². The van der Waals surface area contributed by atoms with Gasteiger partial charge < -0.3 is 5.43 Å². The van der Waals surface area contributed by atoms with Gasteiger partial charge in [0.1, 0.15) is 12.1 Å². The molecule has 0 saturated heterocycles. The Morgan fingerprint density at radius 2 is 1.78 bits per heavy atom. The second kappa shape index (κ2) is 6.28. The normalized spacial score (nSPS) is 9.22. The van der Waals surface area contributed by atoms with Crippen molar-refractivity contribution < 1.29 is 0 Å². The van der Waals surface area contributed by atoms with Crippen molar-refractivity contribution in [3.8, 4) is 12.1 Å². The third-order valence-corrected chi connectivity index (χ3v) is 2.97. The summed E-state index contributed by atoms with van der Waals surface area (Å²) in [6.07, 6.45) is 0.776. The quantitative estimate of drug-likeness (QED) is 0.506. The van der Waals surface area contributed by atoms with Crippen LogP contribution in [0.2, 0.25) is 10.0 Å². The van der Waals surface area contributed by atoms with E-state index in [1.165, 1.54) is 0 Å². The number of nitrogens with two attached hydrogens (primary N) is 1. The zero-order valence-electron chi connectivity index (χ0n) is 9.59. The molecule has 0 heterocycles. The number of nitriles is 2. The zero-order valence-corrected chi connectivity index (χ0v) is 11.1. The molecule has 4 nitrogen and oxygen atoms in total. The third-order valence-electron chi connectivity index (χ3n) is 2.38. The molecule has 0 aliphatic heterocycles. The van der Waals surface area contributed by atoms with Gasteiger partial charge in [-0.2, -0.15) is 10.5 Å². The van der Waals surface area contributed by atoms with Crippen molar-refractivity contribution in [3.63, 3.8) is 0 Å². The van der Waals surface area contributed by atoms with E-state index in [2.05, 4.69) is 5.43 Å². The molecule has 6 heteroatoms. The molecule has 0 amide bonds. The van der Waals surface area contributed by atoms with Crippen molar-refractivity contribution in [2.75, 3.05) is 0 Å². The van der Waals surface area contributed by atoms with Crippen LogP contribution < -0.4 is 11.3 Å². The maximum atomic E-state index is 8.86. The number of hydrazine groups is 1. The summed E-state index contributed by atoms with van der Waals surface area (Å²) in [7, 11) is 0. The molecule has 0 fully saturated rings. The van der Waals surface area contributed by atoms with Crippen LogP contribution in [0.3, 0.4) is 0 Å². The van der Waals surface area contributed by atoms with Crippen LogP contribution in [-0.4, -0.2) is 0 Å². The first-order valence-corrected chi connectivity index (χ1v) is 5.84. The Labute approximate surface area is 115 Å². The number of allylic oxidation sites excluding steroid dienone is 1. The predicted molar refractivity (Wildman–Crippen MR) is 71.3 cm³/mol. The van der Waals surface area contributed by atoms with E-state index >= 15 is 0 Å². The Kier molecular flexibility index (Phi) is 5.00. The molecule has 18 heavy (non-hydrogen) atoms. The number of hydrogen-bond acceptors (Lipinski definition) is 4. The fourth-order valence-corrected chi connectivity index (χ4v) is 2.20. The van der Waals surface area contributed by atoms with Crippen molar-refractivity contribution in [1.82, 2.24) is 5.43 Å². The van der Waals surface area contributed by atoms with E-state index in [1.807, 2.05) is 6.92 Å². The lowest BCUT2D eigenvalue weighted by atomic mass is 10.0. The molecule has 3 N–H and O–H groups in total. The van der Waals surface area contributed by atoms with Crippen LogP contribution in [0.1, 0.15) is 18.1 Å². The van der Waals surface area contributed by atoms with Gasteiger partial charge in [0, 0.05) is 5.56 Å². The molecule has 0 aliphatic carbocycles. The van der Waals surface area contributed by atoms with Crippen LogP contribution >= 0.6 is 23.2 Å². The molecule has 0 aromatic heterocycles. The van der Waals surface area contributed by atoms with Crippen LogP contribution in [-0.2, 0) is 6.42 Å². The molecule has 0 bridgehead atoms. The molecule has 0 aliphatic rings. The summed E-state index contributed by atoms with van der Waals surface area (Å²) in [6, 6.07) is 6.94. The van der Waals surface area contributed by atoms with Crippen molar-refractivity contribution >= 4 is 28.9 Å². The van der Waals surface area contributed by atoms with Gasteiger partial charge in [-0.1, -0.05) is 30.1 Å². The van der Waals surface area contributed by atoms with Crippen LogP contribution in [0, 0.1) is 22.7 Å². The maximum absolute atomic E-state index is 8.86. The van der Waals surface area contributed by atoms with Gasteiger partial charge in [0.15, 0.2) is 5.57 Å². The number of rotatable bonds is 3. The molecule has 0 unspecified atom stereocenters. The van der Waals surface area contributed by atoms with Gasteiger partial charge in [-0.25, -0.2) is 0 Å². The average Bonchev–Trinajstić information content (AvgIpc) is 2.36. The summed E-state index contributed by atoms with van der Waals surface area (Å²) >= 11 is 12.2. The first-order valence-electron chi connectivity index (χ1n) is 5.08. The Balaban J connectivity index is 3.56. The zero-order chi connectivity index (χ0) is 13.7. The van der Waals surface area contributed by atoms with Gasteiger partial charge in [-0.05, 0) is 24.1 Å². The topological polar surface area (TPSA) is 85.6 Å². The molecule has 0 atom stereocenters. The standard InChI is InChI=1S/C12H10Cl2N4/c1-2-7-3-9(13)11(10(14)4-7)12(18-17)8(5-15)6-16/h3-4,18H,2,17H2,1H3. The van der Waals surface area contributed by atoms with Gasteiger partial charge in [-0.15, -0.1) is 0 Å². The molecule has 0 radical (unpaired) electrons. The second-order valence-electron chi connectivity index (χ2n) is 3.41. The average molecular weight is 281 g/mol. The first-order chi connectivity index (χ1) is 8.58. The van der Waals surface area contributed by atoms with Crippen molar-refractivity contribution in [1.29, 1.82) is 10.5 Å². The maximum Gasteiger partial charge on any atom is 0.154 e. The lowest BCUT2D eigenvalue weighted by Crippen LogP contribution is -2.22. The molecular formula is C12H10Cl2N4. The van der Waals surface area contributed by atoms with Crippen molar-refractivity contribution in [3.05, 3.63) is 38.9 Å². The van der Waals surface area contributed by atoms with E-state index in [-0.39, 0.29) is 11.3 Å².